The second kappa shape index (κ2) is 6.36. The molecule has 0 saturated heterocycles. The van der Waals surface area contributed by atoms with Crippen molar-refractivity contribution in [3.63, 3.8) is 0 Å². The lowest BCUT2D eigenvalue weighted by Crippen LogP contribution is -2.26. The van der Waals surface area contributed by atoms with Gasteiger partial charge in [-0.1, -0.05) is 18.2 Å². The van der Waals surface area contributed by atoms with Gasteiger partial charge in [0.2, 0.25) is 6.79 Å². The molecule has 0 bridgehead atoms. The van der Waals surface area contributed by atoms with Gasteiger partial charge >= 0.3 is 0 Å². The Bertz CT molecular complexity index is 917. The van der Waals surface area contributed by atoms with Crippen molar-refractivity contribution in [3.8, 4) is 17.6 Å². The zero-order valence-electron chi connectivity index (χ0n) is 14.7. The largest absolute Gasteiger partial charge is 0.454 e. The van der Waals surface area contributed by atoms with Crippen LogP contribution in [0.4, 0.5) is 0 Å². The molecular formula is C20H19N3O3. The summed E-state index contributed by atoms with van der Waals surface area (Å²) in [4.78, 5) is 16.5. The fourth-order valence-corrected chi connectivity index (χ4v) is 3.47. The Morgan fingerprint density at radius 3 is 2.69 bits per heavy atom. The van der Waals surface area contributed by atoms with Gasteiger partial charge in [-0.3, -0.25) is 4.79 Å². The highest BCUT2D eigenvalue weighted by Gasteiger charge is 2.37. The van der Waals surface area contributed by atoms with Gasteiger partial charge in [-0.15, -0.1) is 0 Å². The molecule has 0 radical (unpaired) electrons. The lowest BCUT2D eigenvalue weighted by atomic mass is 10.0. The molecule has 6 nitrogen and oxygen atoms in total. The van der Waals surface area contributed by atoms with E-state index >= 15 is 0 Å². The third-order valence-corrected chi connectivity index (χ3v) is 4.62. The number of nitriles is 1. The number of hydrogen-bond donors (Lipinski definition) is 0. The minimum atomic E-state index is -0.579. The van der Waals surface area contributed by atoms with Gasteiger partial charge in [0.15, 0.2) is 11.5 Å². The molecule has 0 N–H and O–H groups in total. The maximum absolute atomic E-state index is 12.8. The van der Waals surface area contributed by atoms with Gasteiger partial charge < -0.3 is 19.3 Å². The third-order valence-electron chi connectivity index (χ3n) is 4.62. The van der Waals surface area contributed by atoms with E-state index in [0.717, 1.165) is 23.2 Å². The molecule has 2 aromatic rings. The molecule has 6 heteroatoms. The standard InChI is InChI=1S/C20H19N3O3/c1-22(2)10-13-3-5-15-16(7-13)17(9-21)23(20(15)24)11-14-4-6-18-19(8-14)26-12-25-18/h3-8,17H,10-12H2,1-2H3. The molecule has 2 aromatic carbocycles. The first-order valence-corrected chi connectivity index (χ1v) is 8.43. The summed E-state index contributed by atoms with van der Waals surface area (Å²) in [7, 11) is 3.98. The van der Waals surface area contributed by atoms with Crippen LogP contribution < -0.4 is 9.47 Å². The topological polar surface area (TPSA) is 65.8 Å². The summed E-state index contributed by atoms with van der Waals surface area (Å²) in [5, 5.41) is 9.71. The van der Waals surface area contributed by atoms with Crippen LogP contribution in [0.25, 0.3) is 0 Å². The molecule has 0 fully saturated rings. The summed E-state index contributed by atoms with van der Waals surface area (Å²) in [6.45, 7) is 1.33. The minimum absolute atomic E-state index is 0.111. The highest BCUT2D eigenvalue weighted by molar-refractivity contribution is 5.99. The van der Waals surface area contributed by atoms with E-state index in [-0.39, 0.29) is 12.7 Å². The molecule has 1 atom stereocenters. The number of ether oxygens (including phenoxy) is 2. The lowest BCUT2D eigenvalue weighted by molar-refractivity contribution is 0.0744. The van der Waals surface area contributed by atoms with Gasteiger partial charge in [-0.2, -0.15) is 5.26 Å². The molecule has 1 unspecified atom stereocenters. The predicted molar refractivity (Wildman–Crippen MR) is 94.6 cm³/mol. The van der Waals surface area contributed by atoms with Crippen LogP contribution in [0.15, 0.2) is 36.4 Å². The van der Waals surface area contributed by atoms with Crippen LogP contribution in [0.1, 0.15) is 33.1 Å². The number of hydrogen-bond acceptors (Lipinski definition) is 5. The molecule has 4 rings (SSSR count). The van der Waals surface area contributed by atoms with E-state index in [0.29, 0.717) is 23.6 Å². The number of carbonyl (C=O) groups is 1. The Morgan fingerprint density at radius 2 is 1.92 bits per heavy atom. The molecule has 0 saturated carbocycles. The van der Waals surface area contributed by atoms with Crippen LogP contribution in [0.3, 0.4) is 0 Å². The smallest absolute Gasteiger partial charge is 0.255 e. The molecule has 0 aliphatic carbocycles. The van der Waals surface area contributed by atoms with Gasteiger partial charge in [0, 0.05) is 24.2 Å². The summed E-state index contributed by atoms with van der Waals surface area (Å²) >= 11 is 0. The van der Waals surface area contributed by atoms with Gasteiger partial charge in [-0.25, -0.2) is 0 Å². The maximum atomic E-state index is 12.8. The summed E-state index contributed by atoms with van der Waals surface area (Å²) in [6.07, 6.45) is 0. The first kappa shape index (κ1) is 16.4. The van der Waals surface area contributed by atoms with Crippen LogP contribution in [0, 0.1) is 11.3 Å². The quantitative estimate of drug-likeness (QED) is 0.849. The zero-order chi connectivity index (χ0) is 18.3. The average molecular weight is 349 g/mol. The van der Waals surface area contributed by atoms with Crippen molar-refractivity contribution < 1.29 is 14.3 Å². The molecule has 1 amide bonds. The van der Waals surface area contributed by atoms with Crippen molar-refractivity contribution in [3.05, 3.63) is 58.7 Å². The number of fused-ring (bicyclic) bond motifs is 2. The molecule has 0 spiro atoms. The lowest BCUT2D eigenvalue weighted by Gasteiger charge is -2.20. The number of rotatable bonds is 4. The van der Waals surface area contributed by atoms with E-state index in [4.69, 9.17) is 9.47 Å². The monoisotopic (exact) mass is 349 g/mol. The van der Waals surface area contributed by atoms with E-state index in [1.807, 2.05) is 50.5 Å². The third kappa shape index (κ3) is 2.76. The average Bonchev–Trinajstić information content (AvgIpc) is 3.17. The van der Waals surface area contributed by atoms with Crippen molar-refractivity contribution in [1.82, 2.24) is 9.80 Å². The van der Waals surface area contributed by atoms with Gasteiger partial charge in [0.05, 0.1) is 6.07 Å². The zero-order valence-corrected chi connectivity index (χ0v) is 14.7. The minimum Gasteiger partial charge on any atom is -0.454 e. The van der Waals surface area contributed by atoms with Crippen LogP contribution >= 0.6 is 0 Å². The van der Waals surface area contributed by atoms with Crippen molar-refractivity contribution >= 4 is 5.91 Å². The Kier molecular flexibility index (Phi) is 4.02. The highest BCUT2D eigenvalue weighted by atomic mass is 16.7. The van der Waals surface area contributed by atoms with Crippen LogP contribution in [0.2, 0.25) is 0 Å². The first-order chi connectivity index (χ1) is 12.6. The van der Waals surface area contributed by atoms with Crippen LogP contribution in [-0.2, 0) is 13.1 Å². The van der Waals surface area contributed by atoms with E-state index in [9.17, 15) is 10.1 Å². The molecule has 2 heterocycles. The summed E-state index contributed by atoms with van der Waals surface area (Å²) < 4.78 is 10.7. The van der Waals surface area contributed by atoms with Crippen molar-refractivity contribution in [1.29, 1.82) is 5.26 Å². The molecule has 0 aromatic heterocycles. The number of carbonyl (C=O) groups excluding carboxylic acids is 1. The van der Waals surface area contributed by atoms with E-state index in [1.165, 1.54) is 0 Å². The Balaban J connectivity index is 1.63. The second-order valence-corrected chi connectivity index (χ2v) is 6.81. The van der Waals surface area contributed by atoms with Crippen molar-refractivity contribution in [2.75, 3.05) is 20.9 Å². The first-order valence-electron chi connectivity index (χ1n) is 8.43. The SMILES string of the molecule is CN(C)Cc1ccc2c(c1)C(C#N)N(Cc1ccc3c(c1)OCO3)C2=O. The molecule has 2 aliphatic heterocycles. The van der Waals surface area contributed by atoms with Gasteiger partial charge in [-0.05, 0) is 43.4 Å². The van der Waals surface area contributed by atoms with Gasteiger partial charge in [0.25, 0.3) is 5.91 Å². The Morgan fingerprint density at radius 1 is 1.15 bits per heavy atom. The molecule has 132 valence electrons. The normalized spacial score (nSPS) is 17.5. The molecular weight excluding hydrogens is 330 g/mol. The van der Waals surface area contributed by atoms with Gasteiger partial charge in [0.1, 0.15) is 6.04 Å². The second-order valence-electron chi connectivity index (χ2n) is 6.81. The molecule has 2 aliphatic rings. The predicted octanol–water partition coefficient (Wildman–Crippen LogP) is 2.70. The van der Waals surface area contributed by atoms with Crippen LogP contribution in [0.5, 0.6) is 11.5 Å². The highest BCUT2D eigenvalue weighted by Crippen LogP contribution is 2.37. The summed E-state index contributed by atoms with van der Waals surface area (Å²) in [6, 6.07) is 13.1. The Labute approximate surface area is 152 Å². The number of amides is 1. The fraction of sp³-hybridized carbons (Fsp3) is 0.300. The Hall–Kier alpha value is -3.04. The van der Waals surface area contributed by atoms with E-state index in [1.54, 1.807) is 4.90 Å². The van der Waals surface area contributed by atoms with E-state index < -0.39 is 6.04 Å². The van der Waals surface area contributed by atoms with Crippen molar-refractivity contribution in [2.45, 2.75) is 19.1 Å². The maximum Gasteiger partial charge on any atom is 0.255 e. The van der Waals surface area contributed by atoms with E-state index in [2.05, 4.69) is 11.0 Å². The fourth-order valence-electron chi connectivity index (χ4n) is 3.47. The van der Waals surface area contributed by atoms with Crippen molar-refractivity contribution in [2.24, 2.45) is 0 Å². The molecule has 26 heavy (non-hydrogen) atoms. The van der Waals surface area contributed by atoms with Crippen LogP contribution in [-0.4, -0.2) is 36.6 Å². The number of benzene rings is 2. The summed E-state index contributed by atoms with van der Waals surface area (Å²) in [5.41, 5.74) is 3.40. The summed E-state index contributed by atoms with van der Waals surface area (Å²) in [5.74, 6) is 1.27. The number of nitrogens with zero attached hydrogens (tertiary/aromatic N) is 3.